The number of carbonyl (C=O) groups excluding carboxylic acids is 1. The monoisotopic (exact) mass is 283 g/mol. The molecule has 1 atom stereocenters. The zero-order valence-corrected chi connectivity index (χ0v) is 12.2. The van der Waals surface area contributed by atoms with Gasteiger partial charge in [0.1, 0.15) is 17.2 Å². The minimum atomic E-state index is -0.626. The minimum Gasteiger partial charge on any atom is -0.444 e. The van der Waals surface area contributed by atoms with Gasteiger partial charge in [0.05, 0.1) is 6.04 Å². The van der Waals surface area contributed by atoms with Crippen LogP contribution in [-0.4, -0.2) is 23.1 Å². The lowest BCUT2D eigenvalue weighted by atomic mass is 9.93. The molecular formula is C15H19F2NO2. The second kappa shape index (κ2) is 5.04. The van der Waals surface area contributed by atoms with Gasteiger partial charge >= 0.3 is 6.09 Å². The van der Waals surface area contributed by atoms with Gasteiger partial charge in [-0.15, -0.1) is 0 Å². The van der Waals surface area contributed by atoms with E-state index in [2.05, 4.69) is 0 Å². The lowest BCUT2D eigenvalue weighted by molar-refractivity contribution is 0.0157. The highest BCUT2D eigenvalue weighted by Crippen LogP contribution is 2.32. The first-order chi connectivity index (χ1) is 9.19. The molecule has 1 aliphatic rings. The Morgan fingerprint density at radius 2 is 2.00 bits per heavy atom. The summed E-state index contributed by atoms with van der Waals surface area (Å²) in [5.74, 6) is -1.17. The molecule has 3 nitrogen and oxygen atoms in total. The fourth-order valence-electron chi connectivity index (χ4n) is 2.42. The molecule has 1 aromatic rings. The van der Waals surface area contributed by atoms with Crippen molar-refractivity contribution in [2.24, 2.45) is 0 Å². The minimum absolute atomic E-state index is 0.366. The summed E-state index contributed by atoms with van der Waals surface area (Å²) < 4.78 is 32.4. The van der Waals surface area contributed by atoms with Crippen molar-refractivity contribution in [2.75, 3.05) is 6.54 Å². The van der Waals surface area contributed by atoms with E-state index in [1.54, 1.807) is 27.7 Å². The molecule has 0 radical (unpaired) electrons. The van der Waals surface area contributed by atoms with E-state index in [-0.39, 0.29) is 0 Å². The molecule has 0 unspecified atom stereocenters. The fraction of sp³-hybridized carbons (Fsp3) is 0.533. The van der Waals surface area contributed by atoms with Gasteiger partial charge in [-0.2, -0.15) is 0 Å². The van der Waals surface area contributed by atoms with E-state index in [9.17, 15) is 13.6 Å². The van der Waals surface area contributed by atoms with E-state index in [0.29, 0.717) is 24.1 Å². The molecule has 0 spiro atoms. The Kier molecular flexibility index (Phi) is 3.71. The average Bonchev–Trinajstić information content (AvgIpc) is 2.28. The maximum atomic E-state index is 13.7. The number of fused-ring (bicyclic) bond motifs is 1. The molecule has 0 N–H and O–H groups in total. The van der Waals surface area contributed by atoms with Crippen LogP contribution < -0.4 is 0 Å². The summed E-state index contributed by atoms with van der Waals surface area (Å²) in [5.41, 5.74) is 0.405. The predicted octanol–water partition coefficient (Wildman–Crippen LogP) is 3.82. The normalized spacial score (nSPS) is 18.7. The van der Waals surface area contributed by atoms with Crippen LogP contribution in [0.3, 0.4) is 0 Å². The molecule has 0 bridgehead atoms. The van der Waals surface area contributed by atoms with E-state index in [1.165, 1.54) is 11.0 Å². The summed E-state index contributed by atoms with van der Waals surface area (Å²) in [6, 6.07) is 1.77. The summed E-state index contributed by atoms with van der Waals surface area (Å²) in [4.78, 5) is 13.6. The van der Waals surface area contributed by atoms with Crippen molar-refractivity contribution >= 4 is 6.09 Å². The van der Waals surface area contributed by atoms with Gasteiger partial charge in [0.2, 0.25) is 0 Å². The van der Waals surface area contributed by atoms with Gasteiger partial charge in [0.15, 0.2) is 0 Å². The molecular weight excluding hydrogens is 264 g/mol. The van der Waals surface area contributed by atoms with E-state index < -0.39 is 29.4 Å². The molecule has 2 rings (SSSR count). The van der Waals surface area contributed by atoms with Gasteiger partial charge < -0.3 is 9.64 Å². The van der Waals surface area contributed by atoms with Crippen molar-refractivity contribution in [1.82, 2.24) is 4.90 Å². The van der Waals surface area contributed by atoms with Crippen molar-refractivity contribution in [1.29, 1.82) is 0 Å². The quantitative estimate of drug-likeness (QED) is 0.724. The average molecular weight is 283 g/mol. The molecule has 1 aromatic carbocycles. The smallest absolute Gasteiger partial charge is 0.410 e. The highest BCUT2D eigenvalue weighted by Gasteiger charge is 2.32. The summed E-state index contributed by atoms with van der Waals surface area (Å²) >= 11 is 0. The summed E-state index contributed by atoms with van der Waals surface area (Å²) in [7, 11) is 0. The lowest BCUT2D eigenvalue weighted by Gasteiger charge is -2.36. The molecule has 1 heterocycles. The molecule has 5 heteroatoms. The molecule has 0 saturated heterocycles. The topological polar surface area (TPSA) is 29.5 Å². The number of ether oxygens (including phenoxy) is 1. The van der Waals surface area contributed by atoms with Crippen LogP contribution in [0.5, 0.6) is 0 Å². The maximum absolute atomic E-state index is 13.7. The number of rotatable bonds is 0. The highest BCUT2D eigenvalue weighted by atomic mass is 19.1. The van der Waals surface area contributed by atoms with Crippen LogP contribution in [0.15, 0.2) is 12.1 Å². The molecule has 0 saturated carbocycles. The standard InChI is InChI=1S/C15H19F2NO2/c1-9-12-7-10(16)8-13(17)11(12)5-6-18(9)14(19)20-15(2,3)4/h7-9H,5-6H2,1-4H3/t9-/m1/s1. The molecule has 0 fully saturated rings. The molecule has 110 valence electrons. The zero-order valence-electron chi connectivity index (χ0n) is 12.2. The van der Waals surface area contributed by atoms with Crippen molar-refractivity contribution in [3.8, 4) is 0 Å². The van der Waals surface area contributed by atoms with Gasteiger partial charge in [0, 0.05) is 12.6 Å². The SMILES string of the molecule is C[C@@H]1c2cc(F)cc(F)c2CCN1C(=O)OC(C)(C)C. The Balaban J connectivity index is 2.28. The van der Waals surface area contributed by atoms with Gasteiger partial charge in [-0.1, -0.05) is 0 Å². The lowest BCUT2D eigenvalue weighted by Crippen LogP contribution is -2.42. The van der Waals surface area contributed by atoms with Crippen LogP contribution in [0.4, 0.5) is 13.6 Å². The summed E-state index contributed by atoms with van der Waals surface area (Å²) in [5, 5.41) is 0. The first-order valence-corrected chi connectivity index (χ1v) is 6.66. The number of hydrogen-bond acceptors (Lipinski definition) is 2. The van der Waals surface area contributed by atoms with Crippen molar-refractivity contribution in [2.45, 2.75) is 45.8 Å². The van der Waals surface area contributed by atoms with E-state index in [4.69, 9.17) is 4.74 Å². The molecule has 1 amide bonds. The largest absolute Gasteiger partial charge is 0.444 e. The van der Waals surface area contributed by atoms with Crippen LogP contribution >= 0.6 is 0 Å². The van der Waals surface area contributed by atoms with Gasteiger partial charge in [0.25, 0.3) is 0 Å². The maximum Gasteiger partial charge on any atom is 0.410 e. The number of carbonyl (C=O) groups is 1. The van der Waals surface area contributed by atoms with Gasteiger partial charge in [-0.25, -0.2) is 13.6 Å². The fourth-order valence-corrected chi connectivity index (χ4v) is 2.42. The Labute approximate surface area is 117 Å². The van der Waals surface area contributed by atoms with Crippen molar-refractivity contribution < 1.29 is 18.3 Å². The number of benzene rings is 1. The molecule has 1 aliphatic heterocycles. The third-order valence-electron chi connectivity index (χ3n) is 3.34. The number of hydrogen-bond donors (Lipinski definition) is 0. The van der Waals surface area contributed by atoms with E-state index in [1.807, 2.05) is 0 Å². The van der Waals surface area contributed by atoms with Crippen molar-refractivity contribution in [3.05, 3.63) is 34.9 Å². The second-order valence-corrected chi connectivity index (χ2v) is 6.06. The number of amides is 1. The molecule has 0 aliphatic carbocycles. The number of halogens is 2. The van der Waals surface area contributed by atoms with Crippen LogP contribution in [0.25, 0.3) is 0 Å². The Bertz CT molecular complexity index is 537. The van der Waals surface area contributed by atoms with Gasteiger partial charge in [-0.05, 0) is 51.3 Å². The highest BCUT2D eigenvalue weighted by molar-refractivity contribution is 5.69. The van der Waals surface area contributed by atoms with Crippen LogP contribution in [0.2, 0.25) is 0 Å². The van der Waals surface area contributed by atoms with Gasteiger partial charge in [-0.3, -0.25) is 0 Å². The molecule has 20 heavy (non-hydrogen) atoms. The van der Waals surface area contributed by atoms with E-state index >= 15 is 0 Å². The second-order valence-electron chi connectivity index (χ2n) is 6.06. The zero-order chi connectivity index (χ0) is 15.1. The van der Waals surface area contributed by atoms with Crippen LogP contribution in [0.1, 0.15) is 44.9 Å². The summed E-state index contributed by atoms with van der Waals surface area (Å²) in [6.07, 6.45) is -0.0919. The Morgan fingerprint density at radius 1 is 1.35 bits per heavy atom. The third-order valence-corrected chi connectivity index (χ3v) is 3.34. The Morgan fingerprint density at radius 3 is 2.60 bits per heavy atom. The van der Waals surface area contributed by atoms with Crippen LogP contribution in [-0.2, 0) is 11.2 Å². The first-order valence-electron chi connectivity index (χ1n) is 6.66. The van der Waals surface area contributed by atoms with Crippen molar-refractivity contribution in [3.63, 3.8) is 0 Å². The van der Waals surface area contributed by atoms with E-state index in [0.717, 1.165) is 6.07 Å². The first kappa shape index (κ1) is 14.8. The number of nitrogens with zero attached hydrogens (tertiary/aromatic N) is 1. The summed E-state index contributed by atoms with van der Waals surface area (Å²) in [6.45, 7) is 7.47. The molecule has 0 aromatic heterocycles. The third kappa shape index (κ3) is 2.92. The van der Waals surface area contributed by atoms with Crippen LogP contribution in [0, 0.1) is 11.6 Å². The Hall–Kier alpha value is -1.65. The predicted molar refractivity (Wildman–Crippen MR) is 71.4 cm³/mol.